The Hall–Kier alpha value is -3.18. The van der Waals surface area contributed by atoms with Crippen LogP contribution in [0.4, 0.5) is 0 Å². The van der Waals surface area contributed by atoms with E-state index in [0.29, 0.717) is 0 Å². The second kappa shape index (κ2) is 9.75. The Kier molecular flexibility index (Phi) is 6.40. The number of halogens is 1. The minimum Gasteiger partial charge on any atom is -0.0843 e. The average molecular weight is 464 g/mol. The Morgan fingerprint density at radius 2 is 0.879 bits per heavy atom. The van der Waals surface area contributed by atoms with Gasteiger partial charge in [0.15, 0.2) is 0 Å². The van der Waals surface area contributed by atoms with Crippen molar-refractivity contribution in [2.45, 2.75) is 6.16 Å². The molecule has 0 aliphatic carbocycles. The van der Waals surface area contributed by atoms with Crippen LogP contribution in [-0.4, -0.2) is 0 Å². The van der Waals surface area contributed by atoms with E-state index in [4.69, 9.17) is 11.6 Å². The van der Waals surface area contributed by atoms with E-state index in [1.165, 1.54) is 32.6 Å². The Morgan fingerprint density at radius 1 is 0.455 bits per heavy atom. The van der Waals surface area contributed by atoms with Crippen LogP contribution in [0.25, 0.3) is 11.1 Å². The molecule has 0 spiro atoms. The van der Waals surface area contributed by atoms with Crippen molar-refractivity contribution in [3.8, 4) is 11.1 Å². The van der Waals surface area contributed by atoms with Crippen molar-refractivity contribution in [3.63, 3.8) is 0 Å². The minimum absolute atomic E-state index is 0.760. The molecule has 0 fully saturated rings. The number of benzene rings is 5. The molecular weight excluding hydrogens is 439 g/mol. The number of hydrogen-bond donors (Lipinski definition) is 0. The Morgan fingerprint density at radius 3 is 1.36 bits per heavy atom. The summed E-state index contributed by atoms with van der Waals surface area (Å²) in [5.74, 6) is 0. The fraction of sp³-hybridized carbons (Fsp3) is 0.0323. The van der Waals surface area contributed by atoms with Gasteiger partial charge in [0.05, 0.1) is 6.16 Å². The topological polar surface area (TPSA) is 0 Å². The third-order valence-electron chi connectivity index (χ3n) is 6.17. The van der Waals surface area contributed by atoms with Crippen molar-refractivity contribution in [1.29, 1.82) is 0 Å². The molecule has 0 radical (unpaired) electrons. The monoisotopic (exact) mass is 463 g/mol. The van der Waals surface area contributed by atoms with Gasteiger partial charge in [-0.25, -0.2) is 0 Å². The lowest BCUT2D eigenvalue weighted by Gasteiger charge is -2.28. The second-order valence-electron chi connectivity index (χ2n) is 8.14. The maximum Gasteiger partial charge on any atom is 0.116 e. The summed E-state index contributed by atoms with van der Waals surface area (Å²) >= 11 is 6.19. The molecule has 0 N–H and O–H groups in total. The zero-order valence-electron chi connectivity index (χ0n) is 18.3. The van der Waals surface area contributed by atoms with Crippen molar-refractivity contribution in [3.05, 3.63) is 150 Å². The first-order chi connectivity index (χ1) is 16.3. The summed E-state index contributed by atoms with van der Waals surface area (Å²) in [4.78, 5) is 0. The van der Waals surface area contributed by atoms with Crippen LogP contribution in [0.3, 0.4) is 0 Å². The zero-order valence-corrected chi connectivity index (χ0v) is 20.0. The maximum absolute atomic E-state index is 6.19. The molecule has 0 heterocycles. The SMILES string of the molecule is Clc1ccc(-c2ccccc2C[P+](c2ccccc2)(c2ccccc2)c2ccccc2)cc1. The molecule has 0 saturated heterocycles. The van der Waals surface area contributed by atoms with Gasteiger partial charge in [0.2, 0.25) is 0 Å². The molecule has 0 nitrogen and oxygen atoms in total. The van der Waals surface area contributed by atoms with E-state index >= 15 is 0 Å². The van der Waals surface area contributed by atoms with Gasteiger partial charge in [0.25, 0.3) is 0 Å². The van der Waals surface area contributed by atoms with Crippen molar-refractivity contribution in [2.24, 2.45) is 0 Å². The summed E-state index contributed by atoms with van der Waals surface area (Å²) in [5.41, 5.74) is 3.81. The zero-order chi connectivity index (χ0) is 22.5. The normalized spacial score (nSPS) is 11.3. The van der Waals surface area contributed by atoms with Gasteiger partial charge in [-0.2, -0.15) is 0 Å². The first-order valence-corrected chi connectivity index (χ1v) is 13.5. The fourth-order valence-corrected chi connectivity index (χ4v) is 8.99. The molecular formula is C31H25ClP+. The summed E-state index contributed by atoms with van der Waals surface area (Å²) in [5, 5.41) is 4.95. The van der Waals surface area contributed by atoms with Crippen LogP contribution in [0.15, 0.2) is 140 Å². The van der Waals surface area contributed by atoms with Crippen LogP contribution in [0.5, 0.6) is 0 Å². The molecule has 5 aromatic carbocycles. The van der Waals surface area contributed by atoms with Gasteiger partial charge in [-0.1, -0.05) is 103 Å². The number of hydrogen-bond acceptors (Lipinski definition) is 0. The molecule has 0 bridgehead atoms. The highest BCUT2D eigenvalue weighted by atomic mass is 35.5. The Bertz CT molecular complexity index is 1220. The molecule has 160 valence electrons. The molecule has 33 heavy (non-hydrogen) atoms. The van der Waals surface area contributed by atoms with Crippen LogP contribution < -0.4 is 15.9 Å². The van der Waals surface area contributed by atoms with Crippen LogP contribution in [0.2, 0.25) is 5.02 Å². The quantitative estimate of drug-likeness (QED) is 0.229. The third kappa shape index (κ3) is 4.38. The third-order valence-corrected chi connectivity index (χ3v) is 10.8. The maximum atomic E-state index is 6.19. The van der Waals surface area contributed by atoms with Gasteiger partial charge in [-0.05, 0) is 65.2 Å². The van der Waals surface area contributed by atoms with E-state index in [-0.39, 0.29) is 0 Å². The van der Waals surface area contributed by atoms with Crippen molar-refractivity contribution in [1.82, 2.24) is 0 Å². The van der Waals surface area contributed by atoms with Gasteiger partial charge in [-0.15, -0.1) is 0 Å². The lowest BCUT2D eigenvalue weighted by atomic mass is 10.0. The molecule has 5 rings (SSSR count). The fourth-order valence-electron chi connectivity index (χ4n) is 4.59. The van der Waals surface area contributed by atoms with E-state index in [1.54, 1.807) is 0 Å². The Balaban J connectivity index is 1.76. The van der Waals surface area contributed by atoms with E-state index in [1.807, 2.05) is 12.1 Å². The van der Waals surface area contributed by atoms with E-state index in [2.05, 4.69) is 127 Å². The summed E-state index contributed by atoms with van der Waals surface area (Å²) in [7, 11) is -1.96. The summed E-state index contributed by atoms with van der Waals surface area (Å²) in [6.07, 6.45) is 0.948. The first-order valence-electron chi connectivity index (χ1n) is 11.2. The summed E-state index contributed by atoms with van der Waals surface area (Å²) < 4.78 is 0. The molecule has 0 aliphatic heterocycles. The van der Waals surface area contributed by atoms with E-state index < -0.39 is 7.26 Å². The van der Waals surface area contributed by atoms with Crippen molar-refractivity contribution < 1.29 is 0 Å². The predicted octanol–water partition coefficient (Wildman–Crippen LogP) is 7.50. The highest BCUT2D eigenvalue weighted by Crippen LogP contribution is 2.58. The van der Waals surface area contributed by atoms with Crippen LogP contribution >= 0.6 is 18.9 Å². The second-order valence-corrected chi connectivity index (χ2v) is 12.1. The molecule has 0 amide bonds. The lowest BCUT2D eigenvalue weighted by Crippen LogP contribution is -2.32. The van der Waals surface area contributed by atoms with Crippen molar-refractivity contribution in [2.75, 3.05) is 0 Å². The minimum atomic E-state index is -1.96. The molecule has 0 unspecified atom stereocenters. The van der Waals surface area contributed by atoms with E-state index in [9.17, 15) is 0 Å². The van der Waals surface area contributed by atoms with Gasteiger partial charge < -0.3 is 0 Å². The summed E-state index contributed by atoms with van der Waals surface area (Å²) in [6.45, 7) is 0. The largest absolute Gasteiger partial charge is 0.116 e. The van der Waals surface area contributed by atoms with Gasteiger partial charge >= 0.3 is 0 Å². The Labute approximate surface area is 201 Å². The number of rotatable bonds is 6. The van der Waals surface area contributed by atoms with Crippen molar-refractivity contribution >= 4 is 34.8 Å². The molecule has 0 aliphatic rings. The molecule has 5 aromatic rings. The van der Waals surface area contributed by atoms with Gasteiger partial charge in [0.1, 0.15) is 23.2 Å². The molecule has 0 atom stereocenters. The van der Waals surface area contributed by atoms with E-state index in [0.717, 1.165) is 11.2 Å². The highest BCUT2D eigenvalue weighted by molar-refractivity contribution is 7.95. The van der Waals surface area contributed by atoms with Crippen LogP contribution in [-0.2, 0) is 6.16 Å². The summed E-state index contributed by atoms with van der Waals surface area (Å²) in [6, 6.07) is 50.1. The van der Waals surface area contributed by atoms with Crippen LogP contribution in [0, 0.1) is 0 Å². The average Bonchev–Trinajstić information content (AvgIpc) is 2.90. The molecule has 0 aromatic heterocycles. The smallest absolute Gasteiger partial charge is 0.0843 e. The molecule has 2 heteroatoms. The standard InChI is InChI=1S/C31H25ClP/c32-27-22-20-25(21-23-27)31-19-11-10-12-26(31)24-33(28-13-4-1-5-14-28,29-15-6-2-7-16-29)30-17-8-3-9-18-30/h1-23H,24H2/q+1. The van der Waals surface area contributed by atoms with Gasteiger partial charge in [-0.3, -0.25) is 0 Å². The predicted molar refractivity (Wildman–Crippen MR) is 146 cm³/mol. The molecule has 0 saturated carbocycles. The lowest BCUT2D eigenvalue weighted by molar-refractivity contribution is 1.38. The first kappa shape index (κ1) is 21.7. The van der Waals surface area contributed by atoms with Gasteiger partial charge in [0, 0.05) is 5.02 Å². The highest BCUT2D eigenvalue weighted by Gasteiger charge is 2.45. The van der Waals surface area contributed by atoms with Crippen LogP contribution in [0.1, 0.15) is 5.56 Å².